The lowest BCUT2D eigenvalue weighted by molar-refractivity contribution is -0.384. The Morgan fingerprint density at radius 3 is 2.50 bits per heavy atom. The number of likely N-dealkylation sites (tertiary alicyclic amines) is 1. The molecule has 1 aliphatic rings. The summed E-state index contributed by atoms with van der Waals surface area (Å²) in [4.78, 5) is 17.3. The highest BCUT2D eigenvalue weighted by Crippen LogP contribution is 2.25. The summed E-state index contributed by atoms with van der Waals surface area (Å²) >= 11 is 1.50. The average molecular weight is 478 g/mol. The molecule has 0 bridgehead atoms. The number of nitro benzene ring substituents is 1. The zero-order valence-electron chi connectivity index (χ0n) is 18.4. The maximum absolute atomic E-state index is 10.9. The van der Waals surface area contributed by atoms with Crippen LogP contribution in [0.15, 0.2) is 64.3 Å². The van der Waals surface area contributed by atoms with Crippen LogP contribution in [0.25, 0.3) is 11.4 Å². The van der Waals surface area contributed by atoms with E-state index in [9.17, 15) is 10.1 Å². The quantitative estimate of drug-likeness (QED) is 0.199. The summed E-state index contributed by atoms with van der Waals surface area (Å²) in [6.07, 6.45) is 2.45. The predicted octanol–water partition coefficient (Wildman–Crippen LogP) is 4.17. The normalized spacial score (nSPS) is 14.0. The Morgan fingerprint density at radius 2 is 1.76 bits per heavy atom. The molecule has 1 aliphatic heterocycles. The summed E-state index contributed by atoms with van der Waals surface area (Å²) in [6, 6.07) is 16.3. The zero-order valence-corrected chi connectivity index (χ0v) is 19.2. The van der Waals surface area contributed by atoms with Gasteiger partial charge in [-0.15, -0.1) is 10.2 Å². The first-order valence-electron chi connectivity index (χ1n) is 11.0. The minimum atomic E-state index is -0.439. The molecular weight excluding hydrogens is 454 g/mol. The first-order chi connectivity index (χ1) is 16.7. The van der Waals surface area contributed by atoms with Crippen molar-refractivity contribution in [1.82, 2.24) is 29.8 Å². The molecule has 0 unspecified atom stereocenters. The van der Waals surface area contributed by atoms with Crippen LogP contribution in [0.5, 0.6) is 0 Å². The van der Waals surface area contributed by atoms with E-state index >= 15 is 0 Å². The molecule has 1 saturated heterocycles. The minimum absolute atomic E-state index is 0.0190. The first kappa shape index (κ1) is 22.2. The molecule has 0 N–H and O–H groups in total. The third-order valence-electron chi connectivity index (χ3n) is 5.67. The van der Waals surface area contributed by atoms with Crippen LogP contribution in [-0.4, -0.2) is 47.8 Å². The lowest BCUT2D eigenvalue weighted by Crippen LogP contribution is -2.21. The van der Waals surface area contributed by atoms with E-state index in [2.05, 4.69) is 41.9 Å². The van der Waals surface area contributed by atoms with Crippen LogP contribution in [0.1, 0.15) is 30.1 Å². The van der Waals surface area contributed by atoms with Gasteiger partial charge in [-0.05, 0) is 43.6 Å². The smallest absolute Gasteiger partial charge is 0.269 e. The second-order valence-electron chi connectivity index (χ2n) is 8.06. The highest BCUT2D eigenvalue weighted by molar-refractivity contribution is 7.98. The lowest BCUT2D eigenvalue weighted by Gasteiger charge is -2.15. The molecule has 3 heterocycles. The number of rotatable bonds is 9. The van der Waals surface area contributed by atoms with Gasteiger partial charge in [0.05, 0.1) is 23.8 Å². The van der Waals surface area contributed by atoms with E-state index in [1.54, 1.807) is 12.1 Å². The Morgan fingerprint density at radius 1 is 1.00 bits per heavy atom. The van der Waals surface area contributed by atoms with E-state index in [0.717, 1.165) is 30.6 Å². The average Bonchev–Trinajstić information content (AvgIpc) is 3.62. The van der Waals surface area contributed by atoms with E-state index in [1.165, 1.54) is 42.3 Å². The van der Waals surface area contributed by atoms with E-state index in [4.69, 9.17) is 4.52 Å². The maximum atomic E-state index is 10.9. The fourth-order valence-electron chi connectivity index (χ4n) is 3.90. The number of hydrogen-bond acceptors (Lipinski definition) is 9. The molecule has 0 saturated carbocycles. The van der Waals surface area contributed by atoms with Crippen LogP contribution in [0.2, 0.25) is 0 Å². The summed E-state index contributed by atoms with van der Waals surface area (Å²) in [5.41, 5.74) is 1.86. The number of aromatic nitrogens is 5. The molecule has 34 heavy (non-hydrogen) atoms. The monoisotopic (exact) mass is 477 g/mol. The Kier molecular flexibility index (Phi) is 6.63. The van der Waals surface area contributed by atoms with Crippen molar-refractivity contribution in [3.63, 3.8) is 0 Å². The SMILES string of the molecule is O=[N+]([O-])c1ccc(-c2noc(CSc3nnc(CN4CCCC4)n3Cc3ccccc3)n2)cc1. The summed E-state index contributed by atoms with van der Waals surface area (Å²) in [5.74, 6) is 2.24. The molecule has 5 rings (SSSR count). The fraction of sp³-hybridized carbons (Fsp3) is 0.304. The number of non-ortho nitro benzene ring substituents is 1. The Balaban J connectivity index is 1.31. The van der Waals surface area contributed by atoms with Crippen LogP contribution in [-0.2, 0) is 18.8 Å². The van der Waals surface area contributed by atoms with Gasteiger partial charge in [-0.3, -0.25) is 15.0 Å². The Hall–Kier alpha value is -3.57. The van der Waals surface area contributed by atoms with Crippen molar-refractivity contribution in [2.24, 2.45) is 0 Å². The van der Waals surface area contributed by atoms with Gasteiger partial charge in [0, 0.05) is 17.7 Å². The molecule has 0 atom stereocenters. The third kappa shape index (κ3) is 5.15. The van der Waals surface area contributed by atoms with Gasteiger partial charge in [0.25, 0.3) is 5.69 Å². The van der Waals surface area contributed by atoms with Crippen molar-refractivity contribution in [3.05, 3.63) is 82.0 Å². The molecule has 0 spiro atoms. The number of nitrogens with zero attached hydrogens (tertiary/aromatic N) is 7. The van der Waals surface area contributed by atoms with Gasteiger partial charge < -0.3 is 9.09 Å². The van der Waals surface area contributed by atoms with E-state index < -0.39 is 4.92 Å². The van der Waals surface area contributed by atoms with Gasteiger partial charge in [-0.1, -0.05) is 47.3 Å². The Bertz CT molecular complexity index is 1250. The first-order valence-corrected chi connectivity index (χ1v) is 12.0. The molecular formula is C23H23N7O3S. The molecule has 0 aliphatic carbocycles. The summed E-state index contributed by atoms with van der Waals surface area (Å²) in [7, 11) is 0. The summed E-state index contributed by atoms with van der Waals surface area (Å²) < 4.78 is 7.57. The van der Waals surface area contributed by atoms with Crippen molar-refractivity contribution in [1.29, 1.82) is 0 Å². The minimum Gasteiger partial charge on any atom is -0.338 e. The summed E-state index contributed by atoms with van der Waals surface area (Å²) in [5, 5.41) is 24.6. The molecule has 10 nitrogen and oxygen atoms in total. The molecule has 2 aromatic heterocycles. The fourth-order valence-corrected chi connectivity index (χ4v) is 4.69. The topological polar surface area (TPSA) is 116 Å². The van der Waals surface area contributed by atoms with Crippen LogP contribution in [0.3, 0.4) is 0 Å². The summed E-state index contributed by atoms with van der Waals surface area (Å²) in [6.45, 7) is 3.66. The van der Waals surface area contributed by atoms with Crippen molar-refractivity contribution in [3.8, 4) is 11.4 Å². The van der Waals surface area contributed by atoms with Gasteiger partial charge in [0.15, 0.2) is 5.16 Å². The lowest BCUT2D eigenvalue weighted by atomic mass is 10.2. The maximum Gasteiger partial charge on any atom is 0.269 e. The molecule has 0 amide bonds. The Labute approximate surface area is 200 Å². The predicted molar refractivity (Wildman–Crippen MR) is 126 cm³/mol. The van der Waals surface area contributed by atoms with E-state index in [1.807, 2.05) is 18.2 Å². The third-order valence-corrected chi connectivity index (χ3v) is 6.62. The largest absolute Gasteiger partial charge is 0.338 e. The second-order valence-corrected chi connectivity index (χ2v) is 9.00. The van der Waals surface area contributed by atoms with E-state index in [0.29, 0.717) is 29.6 Å². The molecule has 4 aromatic rings. The number of thioether (sulfide) groups is 1. The van der Waals surface area contributed by atoms with E-state index in [-0.39, 0.29) is 5.69 Å². The van der Waals surface area contributed by atoms with Crippen LogP contribution >= 0.6 is 11.8 Å². The zero-order chi connectivity index (χ0) is 23.3. The van der Waals surface area contributed by atoms with Gasteiger partial charge >= 0.3 is 0 Å². The van der Waals surface area contributed by atoms with Crippen molar-refractivity contribution < 1.29 is 9.45 Å². The molecule has 174 valence electrons. The highest BCUT2D eigenvalue weighted by atomic mass is 32.2. The van der Waals surface area contributed by atoms with Gasteiger partial charge in [0.2, 0.25) is 11.7 Å². The molecule has 11 heteroatoms. The van der Waals surface area contributed by atoms with Crippen LogP contribution < -0.4 is 0 Å². The number of benzene rings is 2. The molecule has 2 aromatic carbocycles. The molecule has 0 radical (unpaired) electrons. The van der Waals surface area contributed by atoms with Gasteiger partial charge in [0.1, 0.15) is 5.82 Å². The molecule has 1 fully saturated rings. The van der Waals surface area contributed by atoms with Gasteiger partial charge in [-0.2, -0.15) is 4.98 Å². The standard InChI is InChI=1S/C23H23N7O3S/c31-30(32)19-10-8-18(9-11-19)22-24-21(33-27-22)16-34-23-26-25-20(15-28-12-4-5-13-28)29(23)14-17-6-2-1-3-7-17/h1-3,6-11H,4-5,12-16H2. The number of hydrogen-bond donors (Lipinski definition) is 0. The van der Waals surface area contributed by atoms with Gasteiger partial charge in [-0.25, -0.2) is 0 Å². The van der Waals surface area contributed by atoms with Crippen molar-refractivity contribution in [2.75, 3.05) is 13.1 Å². The van der Waals surface area contributed by atoms with Crippen LogP contribution in [0, 0.1) is 10.1 Å². The van der Waals surface area contributed by atoms with Crippen LogP contribution in [0.4, 0.5) is 5.69 Å². The second kappa shape index (κ2) is 10.1. The highest BCUT2D eigenvalue weighted by Gasteiger charge is 2.20. The van der Waals surface area contributed by atoms with Crippen molar-refractivity contribution in [2.45, 2.75) is 36.8 Å². The van der Waals surface area contributed by atoms with Crippen molar-refractivity contribution >= 4 is 17.4 Å². The number of nitro groups is 1.